The lowest BCUT2D eigenvalue weighted by molar-refractivity contribution is 0.415. The van der Waals surface area contributed by atoms with Crippen molar-refractivity contribution in [2.45, 2.75) is 19.8 Å². The smallest absolute Gasteiger partial charge is 0.119 e. The molecule has 0 saturated heterocycles. The van der Waals surface area contributed by atoms with Gasteiger partial charge < -0.3 is 10.1 Å². The summed E-state index contributed by atoms with van der Waals surface area (Å²) < 4.78 is 5.15. The van der Waals surface area contributed by atoms with E-state index in [0.717, 1.165) is 18.0 Å². The Balaban J connectivity index is 1.92. The molecule has 2 nitrogen and oxygen atoms in total. The zero-order valence-electron chi connectivity index (χ0n) is 11.8. The highest BCUT2D eigenvalue weighted by molar-refractivity contribution is 5.46. The molecule has 0 amide bonds. The van der Waals surface area contributed by atoms with Gasteiger partial charge in [0, 0.05) is 12.2 Å². The molecule has 0 bridgehead atoms. The van der Waals surface area contributed by atoms with Gasteiger partial charge in [-0.15, -0.1) is 0 Å². The summed E-state index contributed by atoms with van der Waals surface area (Å²) in [6, 6.07) is 16.8. The van der Waals surface area contributed by atoms with E-state index in [2.05, 4.69) is 43.4 Å². The molecule has 0 fully saturated rings. The molecule has 0 aliphatic heterocycles. The summed E-state index contributed by atoms with van der Waals surface area (Å²) in [5, 5.41) is 3.45. The molecule has 0 spiro atoms. The molecular formula is C17H21NO. The zero-order chi connectivity index (χ0) is 13.7. The van der Waals surface area contributed by atoms with Crippen LogP contribution in [-0.4, -0.2) is 13.7 Å². The van der Waals surface area contributed by atoms with Crippen LogP contribution in [0.4, 0.5) is 5.69 Å². The summed E-state index contributed by atoms with van der Waals surface area (Å²) in [6.45, 7) is 5.28. The third-order valence-electron chi connectivity index (χ3n) is 3.35. The molecule has 2 heteroatoms. The number of benzene rings is 2. The molecular weight excluding hydrogens is 234 g/mol. The molecule has 19 heavy (non-hydrogen) atoms. The molecule has 100 valence electrons. The highest BCUT2D eigenvalue weighted by Crippen LogP contribution is 2.19. The van der Waals surface area contributed by atoms with Crippen LogP contribution in [0.15, 0.2) is 48.5 Å². The fraction of sp³-hybridized carbons (Fsp3) is 0.294. The second-order valence-electron chi connectivity index (χ2n) is 4.92. The Morgan fingerprint density at radius 2 is 1.63 bits per heavy atom. The number of ether oxygens (including phenoxy) is 1. The molecule has 2 rings (SSSR count). The number of nitrogens with one attached hydrogen (secondary N) is 1. The molecule has 0 unspecified atom stereocenters. The lowest BCUT2D eigenvalue weighted by Crippen LogP contribution is -2.09. The SMILES string of the molecule is COc1ccc(NC[C@@H](C)c2ccc(C)cc2)cc1. The molecule has 0 radical (unpaired) electrons. The monoisotopic (exact) mass is 255 g/mol. The summed E-state index contributed by atoms with van der Waals surface area (Å²) in [5.41, 5.74) is 3.80. The number of rotatable bonds is 5. The zero-order valence-corrected chi connectivity index (χ0v) is 11.8. The van der Waals surface area contributed by atoms with Crippen LogP contribution in [0.1, 0.15) is 24.0 Å². The summed E-state index contributed by atoms with van der Waals surface area (Å²) >= 11 is 0. The van der Waals surface area contributed by atoms with Gasteiger partial charge in [0.15, 0.2) is 0 Å². The predicted octanol–water partition coefficient (Wildman–Crippen LogP) is 4.22. The van der Waals surface area contributed by atoms with Gasteiger partial charge >= 0.3 is 0 Å². The van der Waals surface area contributed by atoms with E-state index in [9.17, 15) is 0 Å². The third kappa shape index (κ3) is 3.75. The second-order valence-corrected chi connectivity index (χ2v) is 4.92. The van der Waals surface area contributed by atoms with Crippen LogP contribution in [0.5, 0.6) is 5.75 Å². The predicted molar refractivity (Wildman–Crippen MR) is 81.1 cm³/mol. The van der Waals surface area contributed by atoms with Crippen molar-refractivity contribution in [3.8, 4) is 5.75 Å². The Labute approximate surface area is 115 Å². The van der Waals surface area contributed by atoms with Crippen molar-refractivity contribution in [1.29, 1.82) is 0 Å². The Hall–Kier alpha value is -1.96. The Morgan fingerprint density at radius 3 is 2.21 bits per heavy atom. The van der Waals surface area contributed by atoms with Gasteiger partial charge in [0.25, 0.3) is 0 Å². The number of hydrogen-bond acceptors (Lipinski definition) is 2. The van der Waals surface area contributed by atoms with Gasteiger partial charge in [-0.1, -0.05) is 36.8 Å². The van der Waals surface area contributed by atoms with E-state index in [1.807, 2.05) is 24.3 Å². The minimum absolute atomic E-state index is 0.489. The summed E-state index contributed by atoms with van der Waals surface area (Å²) in [7, 11) is 1.68. The maximum atomic E-state index is 5.15. The van der Waals surface area contributed by atoms with Gasteiger partial charge in [-0.05, 0) is 42.7 Å². The van der Waals surface area contributed by atoms with Crippen molar-refractivity contribution >= 4 is 5.69 Å². The highest BCUT2D eigenvalue weighted by Gasteiger charge is 2.04. The first-order chi connectivity index (χ1) is 9.19. The van der Waals surface area contributed by atoms with E-state index in [-0.39, 0.29) is 0 Å². The molecule has 0 heterocycles. The van der Waals surface area contributed by atoms with Crippen LogP contribution in [-0.2, 0) is 0 Å². The van der Waals surface area contributed by atoms with Crippen LogP contribution < -0.4 is 10.1 Å². The van der Waals surface area contributed by atoms with Crippen molar-refractivity contribution in [3.05, 3.63) is 59.7 Å². The van der Waals surface area contributed by atoms with Gasteiger partial charge in [-0.25, -0.2) is 0 Å². The van der Waals surface area contributed by atoms with Gasteiger partial charge in [-0.3, -0.25) is 0 Å². The fourth-order valence-corrected chi connectivity index (χ4v) is 1.99. The van der Waals surface area contributed by atoms with Gasteiger partial charge in [-0.2, -0.15) is 0 Å². The number of aryl methyl sites for hydroxylation is 1. The van der Waals surface area contributed by atoms with E-state index in [0.29, 0.717) is 5.92 Å². The number of methoxy groups -OCH3 is 1. The van der Waals surface area contributed by atoms with E-state index in [1.165, 1.54) is 11.1 Å². The normalized spacial score (nSPS) is 11.9. The average Bonchev–Trinajstić information content (AvgIpc) is 2.46. The van der Waals surface area contributed by atoms with Crippen LogP contribution in [0.3, 0.4) is 0 Å². The van der Waals surface area contributed by atoms with E-state index in [1.54, 1.807) is 7.11 Å². The molecule has 2 aromatic rings. The maximum Gasteiger partial charge on any atom is 0.119 e. The Kier molecular flexibility index (Phi) is 4.45. The lowest BCUT2D eigenvalue weighted by Gasteiger charge is -2.14. The van der Waals surface area contributed by atoms with Crippen molar-refractivity contribution < 1.29 is 4.74 Å². The first-order valence-corrected chi connectivity index (χ1v) is 6.63. The Morgan fingerprint density at radius 1 is 1.00 bits per heavy atom. The summed E-state index contributed by atoms with van der Waals surface area (Å²) in [6.07, 6.45) is 0. The van der Waals surface area contributed by atoms with Crippen molar-refractivity contribution in [1.82, 2.24) is 0 Å². The third-order valence-corrected chi connectivity index (χ3v) is 3.35. The summed E-state index contributed by atoms with van der Waals surface area (Å²) in [5.74, 6) is 1.37. The molecule has 1 atom stereocenters. The van der Waals surface area contributed by atoms with E-state index >= 15 is 0 Å². The van der Waals surface area contributed by atoms with Gasteiger partial charge in [0.1, 0.15) is 5.75 Å². The maximum absolute atomic E-state index is 5.15. The van der Waals surface area contributed by atoms with Crippen molar-refractivity contribution in [2.24, 2.45) is 0 Å². The molecule has 0 aliphatic carbocycles. The largest absolute Gasteiger partial charge is 0.497 e. The standard InChI is InChI=1S/C17H21NO/c1-13-4-6-15(7-5-13)14(2)12-18-16-8-10-17(19-3)11-9-16/h4-11,14,18H,12H2,1-3H3/t14-/m1/s1. The average molecular weight is 255 g/mol. The topological polar surface area (TPSA) is 21.3 Å². The van der Waals surface area contributed by atoms with E-state index < -0.39 is 0 Å². The Bertz CT molecular complexity index is 502. The van der Waals surface area contributed by atoms with Crippen LogP contribution in [0.2, 0.25) is 0 Å². The van der Waals surface area contributed by atoms with Crippen LogP contribution >= 0.6 is 0 Å². The first-order valence-electron chi connectivity index (χ1n) is 6.63. The van der Waals surface area contributed by atoms with Crippen molar-refractivity contribution in [3.63, 3.8) is 0 Å². The molecule has 0 saturated carbocycles. The highest BCUT2D eigenvalue weighted by atomic mass is 16.5. The van der Waals surface area contributed by atoms with Crippen molar-refractivity contribution in [2.75, 3.05) is 19.0 Å². The lowest BCUT2D eigenvalue weighted by atomic mass is 10.00. The van der Waals surface area contributed by atoms with Gasteiger partial charge in [0.05, 0.1) is 7.11 Å². The quantitative estimate of drug-likeness (QED) is 0.863. The number of hydrogen-bond donors (Lipinski definition) is 1. The van der Waals surface area contributed by atoms with Gasteiger partial charge in [0.2, 0.25) is 0 Å². The van der Waals surface area contributed by atoms with E-state index in [4.69, 9.17) is 4.74 Å². The number of anilines is 1. The summed E-state index contributed by atoms with van der Waals surface area (Å²) in [4.78, 5) is 0. The second kappa shape index (κ2) is 6.28. The molecule has 0 aromatic heterocycles. The first kappa shape index (κ1) is 13.5. The molecule has 2 aromatic carbocycles. The minimum atomic E-state index is 0.489. The van der Waals surface area contributed by atoms with Crippen LogP contribution in [0.25, 0.3) is 0 Å². The molecule has 0 aliphatic rings. The molecule has 1 N–H and O–H groups in total. The fourth-order valence-electron chi connectivity index (χ4n) is 1.99. The van der Waals surface area contributed by atoms with Crippen LogP contribution in [0, 0.1) is 6.92 Å². The minimum Gasteiger partial charge on any atom is -0.497 e.